The van der Waals surface area contributed by atoms with Gasteiger partial charge < -0.3 is 20.1 Å². The third-order valence-electron chi connectivity index (χ3n) is 2.83. The van der Waals surface area contributed by atoms with Gasteiger partial charge in [0, 0.05) is 18.9 Å². The van der Waals surface area contributed by atoms with E-state index in [9.17, 15) is 10.2 Å². The van der Waals surface area contributed by atoms with Crippen molar-refractivity contribution in [2.24, 2.45) is 5.92 Å². The molecule has 4 unspecified atom stereocenters. The molecule has 4 heteroatoms. The summed E-state index contributed by atoms with van der Waals surface area (Å²) in [6, 6.07) is 0. The summed E-state index contributed by atoms with van der Waals surface area (Å²) in [7, 11) is 0. The molecule has 0 aromatic heterocycles. The van der Waals surface area contributed by atoms with Gasteiger partial charge in [0.2, 0.25) is 0 Å². The van der Waals surface area contributed by atoms with Crippen LogP contribution in [0.2, 0.25) is 0 Å². The molecule has 14 heavy (non-hydrogen) atoms. The van der Waals surface area contributed by atoms with Crippen molar-refractivity contribution in [3.63, 3.8) is 0 Å². The lowest BCUT2D eigenvalue weighted by atomic mass is 9.87. The summed E-state index contributed by atoms with van der Waals surface area (Å²) in [5.41, 5.74) is 0. The molecule has 4 atom stereocenters. The molecule has 0 aromatic rings. The first-order chi connectivity index (χ1) is 6.46. The van der Waals surface area contributed by atoms with Gasteiger partial charge in [-0.25, -0.2) is 0 Å². The monoisotopic (exact) mass is 204 g/mol. The zero-order valence-electron chi connectivity index (χ0n) is 8.81. The van der Waals surface area contributed by atoms with Crippen molar-refractivity contribution >= 4 is 0 Å². The van der Waals surface area contributed by atoms with Crippen LogP contribution >= 0.6 is 0 Å². The van der Waals surface area contributed by atoms with Crippen LogP contribution in [0.5, 0.6) is 0 Å². The predicted octanol–water partition coefficient (Wildman–Crippen LogP) is 0.253. The number of hydrogen-bond donors (Lipinski definition) is 3. The summed E-state index contributed by atoms with van der Waals surface area (Å²) in [6.45, 7) is 3.58. The lowest BCUT2D eigenvalue weighted by Gasteiger charge is -2.41. The second-order valence-electron chi connectivity index (χ2n) is 4.33. The summed E-state index contributed by atoms with van der Waals surface area (Å²) in [6.07, 6.45) is 0.871. The Kier molecular flexibility index (Phi) is 3.89. The van der Waals surface area contributed by atoms with Crippen LogP contribution in [0.3, 0.4) is 0 Å². The average Bonchev–Trinajstić information content (AvgIpc) is 2.08. The molecule has 1 fully saturated rings. The van der Waals surface area contributed by atoms with Crippen LogP contribution in [-0.4, -0.2) is 39.9 Å². The molecular formula is C10H20O4. The molecule has 1 saturated heterocycles. The Labute approximate surface area is 84.5 Å². The number of ether oxygens (including phenoxy) is 1. The van der Waals surface area contributed by atoms with E-state index in [2.05, 4.69) is 0 Å². The van der Waals surface area contributed by atoms with Crippen molar-refractivity contribution in [3.05, 3.63) is 0 Å². The van der Waals surface area contributed by atoms with E-state index in [4.69, 9.17) is 9.84 Å². The van der Waals surface area contributed by atoms with Crippen LogP contribution in [0.4, 0.5) is 0 Å². The lowest BCUT2D eigenvalue weighted by Crippen LogP contribution is -2.49. The van der Waals surface area contributed by atoms with Crippen LogP contribution in [0.1, 0.15) is 33.1 Å². The van der Waals surface area contributed by atoms with Crippen molar-refractivity contribution in [3.8, 4) is 0 Å². The van der Waals surface area contributed by atoms with E-state index in [1.54, 1.807) is 6.92 Å². The maximum atomic E-state index is 9.69. The Morgan fingerprint density at radius 1 is 1.50 bits per heavy atom. The van der Waals surface area contributed by atoms with Crippen molar-refractivity contribution in [1.29, 1.82) is 0 Å². The molecule has 0 spiro atoms. The van der Waals surface area contributed by atoms with E-state index >= 15 is 0 Å². The minimum atomic E-state index is -1.23. The second-order valence-corrected chi connectivity index (χ2v) is 4.33. The number of hydrogen-bond acceptors (Lipinski definition) is 4. The third kappa shape index (κ3) is 2.92. The molecule has 1 aliphatic heterocycles. The molecule has 4 nitrogen and oxygen atoms in total. The zero-order valence-corrected chi connectivity index (χ0v) is 8.81. The van der Waals surface area contributed by atoms with Crippen LogP contribution in [0, 0.1) is 5.92 Å². The summed E-state index contributed by atoms with van der Waals surface area (Å²) < 4.78 is 5.44. The lowest BCUT2D eigenvalue weighted by molar-refractivity contribution is -0.278. The molecular weight excluding hydrogens is 184 g/mol. The van der Waals surface area contributed by atoms with Gasteiger partial charge >= 0.3 is 0 Å². The Morgan fingerprint density at radius 2 is 2.14 bits per heavy atom. The fraction of sp³-hybridized carbons (Fsp3) is 1.00. The molecule has 1 heterocycles. The molecule has 1 rings (SSSR count). The molecule has 3 N–H and O–H groups in total. The van der Waals surface area contributed by atoms with Crippen molar-refractivity contribution < 1.29 is 20.1 Å². The Hall–Kier alpha value is -0.160. The van der Waals surface area contributed by atoms with Crippen LogP contribution in [0.15, 0.2) is 0 Å². The maximum Gasteiger partial charge on any atom is 0.165 e. The number of aliphatic hydroxyl groups is 3. The van der Waals surface area contributed by atoms with Crippen LogP contribution in [0.25, 0.3) is 0 Å². The second kappa shape index (κ2) is 4.57. The van der Waals surface area contributed by atoms with Crippen molar-refractivity contribution in [1.82, 2.24) is 0 Å². The quantitative estimate of drug-likeness (QED) is 0.616. The van der Waals surface area contributed by atoms with E-state index in [1.807, 2.05) is 6.92 Å². The Morgan fingerprint density at radius 3 is 2.71 bits per heavy atom. The third-order valence-corrected chi connectivity index (χ3v) is 2.83. The predicted molar refractivity (Wildman–Crippen MR) is 51.6 cm³/mol. The Bertz CT molecular complexity index is 181. The molecule has 0 radical (unpaired) electrons. The van der Waals surface area contributed by atoms with E-state index in [1.165, 1.54) is 0 Å². The largest absolute Gasteiger partial charge is 0.396 e. The van der Waals surface area contributed by atoms with Gasteiger partial charge in [-0.2, -0.15) is 0 Å². The van der Waals surface area contributed by atoms with Gasteiger partial charge in [-0.05, 0) is 19.8 Å². The van der Waals surface area contributed by atoms with Gasteiger partial charge in [-0.1, -0.05) is 6.92 Å². The highest BCUT2D eigenvalue weighted by Gasteiger charge is 2.40. The molecule has 1 aliphatic rings. The fourth-order valence-electron chi connectivity index (χ4n) is 1.92. The van der Waals surface area contributed by atoms with Gasteiger partial charge in [0.05, 0.1) is 12.2 Å². The smallest absolute Gasteiger partial charge is 0.165 e. The summed E-state index contributed by atoms with van der Waals surface area (Å²) >= 11 is 0. The summed E-state index contributed by atoms with van der Waals surface area (Å²) in [4.78, 5) is 0. The summed E-state index contributed by atoms with van der Waals surface area (Å²) in [5, 5.41) is 28.1. The molecule has 0 bridgehead atoms. The van der Waals surface area contributed by atoms with E-state index in [-0.39, 0.29) is 25.0 Å². The highest BCUT2D eigenvalue weighted by atomic mass is 16.6. The summed E-state index contributed by atoms with van der Waals surface area (Å²) in [5.74, 6) is -1.21. The standard InChI is InChI=1S/C10H20O4/c1-7-8(12)6-10(2,13)14-9(7)4-3-5-11/h7-9,11-13H,3-6H2,1-2H3. The van der Waals surface area contributed by atoms with Crippen LogP contribution < -0.4 is 0 Å². The van der Waals surface area contributed by atoms with E-state index in [0.717, 1.165) is 0 Å². The highest BCUT2D eigenvalue weighted by Crippen LogP contribution is 2.32. The highest BCUT2D eigenvalue weighted by molar-refractivity contribution is 4.84. The number of rotatable bonds is 3. The van der Waals surface area contributed by atoms with E-state index in [0.29, 0.717) is 12.8 Å². The van der Waals surface area contributed by atoms with Gasteiger partial charge in [0.25, 0.3) is 0 Å². The fourth-order valence-corrected chi connectivity index (χ4v) is 1.92. The van der Waals surface area contributed by atoms with Gasteiger partial charge in [0.1, 0.15) is 0 Å². The normalized spacial score (nSPS) is 43.9. The van der Waals surface area contributed by atoms with E-state index < -0.39 is 11.9 Å². The molecule has 84 valence electrons. The SMILES string of the molecule is CC1C(O)CC(C)(O)OC1CCCO. The maximum absolute atomic E-state index is 9.69. The first-order valence-electron chi connectivity index (χ1n) is 5.15. The topological polar surface area (TPSA) is 69.9 Å². The van der Waals surface area contributed by atoms with Gasteiger partial charge in [0.15, 0.2) is 5.79 Å². The number of aliphatic hydroxyl groups excluding tert-OH is 2. The average molecular weight is 204 g/mol. The molecule has 0 saturated carbocycles. The molecule has 0 aromatic carbocycles. The first kappa shape index (κ1) is 11.9. The Balaban J connectivity index is 2.54. The van der Waals surface area contributed by atoms with Crippen LogP contribution in [-0.2, 0) is 4.74 Å². The molecule has 0 amide bonds. The zero-order chi connectivity index (χ0) is 10.8. The van der Waals surface area contributed by atoms with Crippen molar-refractivity contribution in [2.45, 2.75) is 51.1 Å². The van der Waals surface area contributed by atoms with Crippen molar-refractivity contribution in [2.75, 3.05) is 6.61 Å². The first-order valence-corrected chi connectivity index (χ1v) is 5.15. The minimum Gasteiger partial charge on any atom is -0.396 e. The molecule has 0 aliphatic carbocycles. The van der Waals surface area contributed by atoms with Gasteiger partial charge in [-0.3, -0.25) is 0 Å². The minimum absolute atomic E-state index is 0.0155. The van der Waals surface area contributed by atoms with Gasteiger partial charge in [-0.15, -0.1) is 0 Å².